The molecule has 0 aliphatic carbocycles. The van der Waals surface area contributed by atoms with Crippen molar-refractivity contribution in [2.75, 3.05) is 50.6 Å². The first-order chi connectivity index (χ1) is 11.2. The van der Waals surface area contributed by atoms with E-state index in [1.54, 1.807) is 12.0 Å². The highest BCUT2D eigenvalue weighted by Gasteiger charge is 2.23. The first-order valence-corrected chi connectivity index (χ1v) is 7.96. The fraction of sp³-hybridized carbons (Fsp3) is 0.667. The minimum atomic E-state index is -0.224. The Hall–Kier alpha value is -2.09. The number of amides is 1. The molecule has 0 radical (unpaired) electrons. The molecule has 8 heteroatoms. The quantitative estimate of drug-likeness (QED) is 0.736. The summed E-state index contributed by atoms with van der Waals surface area (Å²) in [4.78, 5) is 21.8. The fourth-order valence-electron chi connectivity index (χ4n) is 2.44. The van der Waals surface area contributed by atoms with Crippen LogP contribution in [0, 0.1) is 0 Å². The van der Waals surface area contributed by atoms with Crippen molar-refractivity contribution in [2.45, 2.75) is 25.8 Å². The van der Waals surface area contributed by atoms with Gasteiger partial charge in [-0.05, 0) is 19.8 Å². The van der Waals surface area contributed by atoms with Crippen LogP contribution in [0.5, 0.6) is 0 Å². The van der Waals surface area contributed by atoms with E-state index in [1.165, 1.54) is 6.33 Å². The van der Waals surface area contributed by atoms with Gasteiger partial charge in [0, 0.05) is 38.9 Å². The second kappa shape index (κ2) is 9.14. The minimum Gasteiger partial charge on any atom is -0.450 e. The van der Waals surface area contributed by atoms with E-state index in [2.05, 4.69) is 20.6 Å². The third-order valence-corrected chi connectivity index (χ3v) is 3.65. The molecule has 0 aromatic carbocycles. The molecule has 0 atom stereocenters. The third-order valence-electron chi connectivity index (χ3n) is 3.65. The Balaban J connectivity index is 1.79. The number of carbonyl (C=O) groups excluding carboxylic acids is 1. The maximum absolute atomic E-state index is 11.7. The molecule has 1 aromatic rings. The Morgan fingerprint density at radius 3 is 2.78 bits per heavy atom. The summed E-state index contributed by atoms with van der Waals surface area (Å²) in [5.74, 6) is 1.55. The van der Waals surface area contributed by atoms with Gasteiger partial charge in [-0.1, -0.05) is 0 Å². The van der Waals surface area contributed by atoms with E-state index >= 15 is 0 Å². The van der Waals surface area contributed by atoms with Crippen LogP contribution in [0.15, 0.2) is 12.4 Å². The molecule has 1 amide bonds. The summed E-state index contributed by atoms with van der Waals surface area (Å²) in [7, 11) is 1.66. The van der Waals surface area contributed by atoms with Crippen molar-refractivity contribution in [3.05, 3.63) is 12.4 Å². The fourth-order valence-corrected chi connectivity index (χ4v) is 2.44. The van der Waals surface area contributed by atoms with Gasteiger partial charge >= 0.3 is 6.09 Å². The van der Waals surface area contributed by atoms with Crippen LogP contribution in [0.4, 0.5) is 16.4 Å². The summed E-state index contributed by atoms with van der Waals surface area (Å²) in [6.45, 7) is 4.95. The Bertz CT molecular complexity index is 492. The molecular formula is C15H25N5O3. The molecule has 1 fully saturated rings. The summed E-state index contributed by atoms with van der Waals surface area (Å²) < 4.78 is 10.0. The number of piperidine rings is 1. The van der Waals surface area contributed by atoms with Crippen LogP contribution in [0.2, 0.25) is 0 Å². The molecule has 0 unspecified atom stereocenters. The van der Waals surface area contributed by atoms with Crippen LogP contribution >= 0.6 is 0 Å². The highest BCUT2D eigenvalue weighted by Crippen LogP contribution is 2.17. The standard InChI is InChI=1S/C15H25N5O3/c1-3-23-15(21)20-7-4-12(5-8-20)19-14-10-13(17-11-18-14)16-6-9-22-2/h10-12H,3-9H2,1-2H3,(H2,16,17,18,19). The molecule has 128 valence electrons. The Labute approximate surface area is 136 Å². The van der Waals surface area contributed by atoms with Gasteiger partial charge in [-0.25, -0.2) is 14.8 Å². The Kier molecular flexibility index (Phi) is 6.86. The van der Waals surface area contributed by atoms with E-state index in [4.69, 9.17) is 9.47 Å². The zero-order valence-electron chi connectivity index (χ0n) is 13.7. The zero-order chi connectivity index (χ0) is 16.5. The SMILES string of the molecule is CCOC(=O)N1CCC(Nc2cc(NCCOC)ncn2)CC1. The van der Waals surface area contributed by atoms with Crippen molar-refractivity contribution in [1.29, 1.82) is 0 Å². The van der Waals surface area contributed by atoms with E-state index in [-0.39, 0.29) is 6.09 Å². The van der Waals surface area contributed by atoms with Gasteiger partial charge in [0.25, 0.3) is 0 Å². The van der Waals surface area contributed by atoms with Crippen molar-refractivity contribution in [3.8, 4) is 0 Å². The normalized spacial score (nSPS) is 15.3. The van der Waals surface area contributed by atoms with Crippen LogP contribution in [0.25, 0.3) is 0 Å². The maximum atomic E-state index is 11.7. The van der Waals surface area contributed by atoms with Crippen molar-refractivity contribution < 1.29 is 14.3 Å². The lowest BCUT2D eigenvalue weighted by Crippen LogP contribution is -2.42. The maximum Gasteiger partial charge on any atom is 0.409 e. The molecule has 1 aliphatic rings. The number of anilines is 2. The summed E-state index contributed by atoms with van der Waals surface area (Å²) in [5.41, 5.74) is 0. The highest BCUT2D eigenvalue weighted by atomic mass is 16.6. The van der Waals surface area contributed by atoms with Crippen molar-refractivity contribution >= 4 is 17.7 Å². The average Bonchev–Trinajstić information content (AvgIpc) is 2.56. The molecule has 0 saturated carbocycles. The molecule has 1 aromatic heterocycles. The molecule has 2 rings (SSSR count). The average molecular weight is 323 g/mol. The molecule has 1 aliphatic heterocycles. The van der Waals surface area contributed by atoms with E-state index in [0.717, 1.165) is 24.5 Å². The van der Waals surface area contributed by atoms with E-state index in [0.29, 0.717) is 38.9 Å². The monoisotopic (exact) mass is 323 g/mol. The Morgan fingerprint density at radius 2 is 2.09 bits per heavy atom. The van der Waals surface area contributed by atoms with Gasteiger partial charge in [-0.2, -0.15) is 0 Å². The summed E-state index contributed by atoms with van der Waals surface area (Å²) >= 11 is 0. The number of methoxy groups -OCH3 is 1. The summed E-state index contributed by atoms with van der Waals surface area (Å²) in [5, 5.41) is 6.58. The van der Waals surface area contributed by atoms with E-state index in [9.17, 15) is 4.79 Å². The minimum absolute atomic E-state index is 0.224. The van der Waals surface area contributed by atoms with Gasteiger partial charge in [-0.15, -0.1) is 0 Å². The lowest BCUT2D eigenvalue weighted by molar-refractivity contribution is 0.0983. The number of nitrogens with one attached hydrogen (secondary N) is 2. The first kappa shape index (κ1) is 17.3. The predicted molar refractivity (Wildman–Crippen MR) is 87.6 cm³/mol. The number of hydrogen-bond donors (Lipinski definition) is 2. The first-order valence-electron chi connectivity index (χ1n) is 7.96. The second-order valence-electron chi connectivity index (χ2n) is 5.31. The summed E-state index contributed by atoms with van der Waals surface area (Å²) in [6.07, 6.45) is 3.05. The molecule has 1 saturated heterocycles. The zero-order valence-corrected chi connectivity index (χ0v) is 13.7. The second-order valence-corrected chi connectivity index (χ2v) is 5.31. The van der Waals surface area contributed by atoms with Crippen LogP contribution in [-0.4, -0.2) is 67.0 Å². The molecule has 23 heavy (non-hydrogen) atoms. The lowest BCUT2D eigenvalue weighted by atomic mass is 10.1. The predicted octanol–water partition coefficient (Wildman–Crippen LogP) is 1.57. The van der Waals surface area contributed by atoms with Gasteiger partial charge in [0.05, 0.1) is 13.2 Å². The van der Waals surface area contributed by atoms with Crippen LogP contribution in [-0.2, 0) is 9.47 Å². The highest BCUT2D eigenvalue weighted by molar-refractivity contribution is 5.67. The van der Waals surface area contributed by atoms with E-state index in [1.807, 2.05) is 13.0 Å². The van der Waals surface area contributed by atoms with Crippen LogP contribution in [0.1, 0.15) is 19.8 Å². The number of likely N-dealkylation sites (tertiary alicyclic amines) is 1. The molecule has 2 N–H and O–H groups in total. The van der Waals surface area contributed by atoms with Crippen LogP contribution in [0.3, 0.4) is 0 Å². The molecular weight excluding hydrogens is 298 g/mol. The number of nitrogens with zero attached hydrogens (tertiary/aromatic N) is 3. The van der Waals surface area contributed by atoms with Gasteiger partial charge in [-0.3, -0.25) is 0 Å². The van der Waals surface area contributed by atoms with Crippen molar-refractivity contribution in [3.63, 3.8) is 0 Å². The third kappa shape index (κ3) is 5.55. The number of aromatic nitrogens is 2. The van der Waals surface area contributed by atoms with Gasteiger partial charge in [0.1, 0.15) is 18.0 Å². The number of carbonyl (C=O) groups is 1. The molecule has 8 nitrogen and oxygen atoms in total. The number of hydrogen-bond acceptors (Lipinski definition) is 7. The summed E-state index contributed by atoms with van der Waals surface area (Å²) in [6, 6.07) is 2.18. The molecule has 0 bridgehead atoms. The molecule has 0 spiro atoms. The smallest absolute Gasteiger partial charge is 0.409 e. The van der Waals surface area contributed by atoms with Gasteiger partial charge in [0.2, 0.25) is 0 Å². The van der Waals surface area contributed by atoms with Crippen molar-refractivity contribution in [1.82, 2.24) is 14.9 Å². The number of rotatable bonds is 7. The lowest BCUT2D eigenvalue weighted by Gasteiger charge is -2.31. The van der Waals surface area contributed by atoms with Gasteiger partial charge < -0.3 is 25.0 Å². The number of ether oxygens (including phenoxy) is 2. The topological polar surface area (TPSA) is 88.6 Å². The van der Waals surface area contributed by atoms with E-state index < -0.39 is 0 Å². The molecule has 2 heterocycles. The van der Waals surface area contributed by atoms with Gasteiger partial charge in [0.15, 0.2) is 0 Å². The largest absolute Gasteiger partial charge is 0.450 e. The Morgan fingerprint density at radius 1 is 1.35 bits per heavy atom. The van der Waals surface area contributed by atoms with Crippen molar-refractivity contribution in [2.24, 2.45) is 0 Å². The van der Waals surface area contributed by atoms with Crippen LogP contribution < -0.4 is 10.6 Å².